The number of methoxy groups -OCH3 is 1. The van der Waals surface area contributed by atoms with Crippen molar-refractivity contribution in [2.24, 2.45) is 0 Å². The third-order valence-electron chi connectivity index (χ3n) is 1.88. The van der Waals surface area contributed by atoms with Gasteiger partial charge in [-0.25, -0.2) is 0 Å². The van der Waals surface area contributed by atoms with E-state index in [0.29, 0.717) is 6.61 Å². The van der Waals surface area contributed by atoms with Crippen LogP contribution in [0.5, 0.6) is 0 Å². The molecule has 3 nitrogen and oxygen atoms in total. The highest BCUT2D eigenvalue weighted by Gasteiger charge is 1.96. The topological polar surface area (TPSA) is 47.3 Å². The van der Waals surface area contributed by atoms with Gasteiger partial charge in [0.25, 0.3) is 0 Å². The van der Waals surface area contributed by atoms with Gasteiger partial charge < -0.3 is 15.8 Å². The molecule has 1 aromatic rings. The average Bonchev–Trinajstić information content (AvgIpc) is 2.11. The molecule has 0 saturated heterocycles. The second kappa shape index (κ2) is 4.72. The van der Waals surface area contributed by atoms with Crippen molar-refractivity contribution >= 4 is 11.4 Å². The lowest BCUT2D eigenvalue weighted by Crippen LogP contribution is -2.08. The Balaban J connectivity index is 2.59. The largest absolute Gasteiger partial charge is 0.399 e. The molecule has 0 saturated carbocycles. The van der Waals surface area contributed by atoms with E-state index >= 15 is 0 Å². The summed E-state index contributed by atoms with van der Waals surface area (Å²) in [6.45, 7) is 3.56. The summed E-state index contributed by atoms with van der Waals surface area (Å²) in [5.74, 6) is 0. The minimum atomic E-state index is 0.703. The minimum absolute atomic E-state index is 0.703. The number of rotatable bonds is 4. The molecule has 0 bridgehead atoms. The number of anilines is 2. The van der Waals surface area contributed by atoms with Gasteiger partial charge in [0.2, 0.25) is 0 Å². The standard InChI is InChI=1S/C10H16N2O/c1-8-3-4-9(11)7-10(8)12-5-6-13-2/h3-4,7,12H,5-6,11H2,1-2H3. The van der Waals surface area contributed by atoms with Gasteiger partial charge in [0.1, 0.15) is 0 Å². The second-order valence-corrected chi connectivity index (χ2v) is 2.99. The van der Waals surface area contributed by atoms with Crippen LogP contribution in [-0.4, -0.2) is 20.3 Å². The first-order valence-corrected chi connectivity index (χ1v) is 4.33. The van der Waals surface area contributed by atoms with E-state index in [1.165, 1.54) is 5.56 Å². The van der Waals surface area contributed by atoms with E-state index in [9.17, 15) is 0 Å². The smallest absolute Gasteiger partial charge is 0.0635 e. The summed E-state index contributed by atoms with van der Waals surface area (Å²) in [6, 6.07) is 5.84. The fourth-order valence-corrected chi connectivity index (χ4v) is 1.12. The summed E-state index contributed by atoms with van der Waals surface area (Å²) in [4.78, 5) is 0. The molecule has 1 rings (SSSR count). The first-order valence-electron chi connectivity index (χ1n) is 4.33. The van der Waals surface area contributed by atoms with Gasteiger partial charge in [-0.1, -0.05) is 6.07 Å². The Kier molecular flexibility index (Phi) is 3.58. The van der Waals surface area contributed by atoms with Crippen molar-refractivity contribution in [3.05, 3.63) is 23.8 Å². The maximum Gasteiger partial charge on any atom is 0.0635 e. The van der Waals surface area contributed by atoms with Crippen LogP contribution in [0.25, 0.3) is 0 Å². The Morgan fingerprint density at radius 1 is 1.46 bits per heavy atom. The molecule has 0 unspecified atom stereocenters. The maximum absolute atomic E-state index is 5.66. The van der Waals surface area contributed by atoms with Crippen LogP contribution < -0.4 is 11.1 Å². The minimum Gasteiger partial charge on any atom is -0.399 e. The lowest BCUT2D eigenvalue weighted by molar-refractivity contribution is 0.211. The van der Waals surface area contributed by atoms with Gasteiger partial charge in [-0.3, -0.25) is 0 Å². The first-order chi connectivity index (χ1) is 6.24. The predicted molar refractivity (Wildman–Crippen MR) is 56.0 cm³/mol. The molecule has 0 amide bonds. The van der Waals surface area contributed by atoms with Gasteiger partial charge in [-0.2, -0.15) is 0 Å². The molecule has 0 aromatic heterocycles. The summed E-state index contributed by atoms with van der Waals surface area (Å²) < 4.78 is 4.94. The SMILES string of the molecule is COCCNc1cc(N)ccc1C. The van der Waals surface area contributed by atoms with Gasteiger partial charge in [0.05, 0.1) is 6.61 Å². The number of hydrogen-bond acceptors (Lipinski definition) is 3. The highest BCUT2D eigenvalue weighted by Crippen LogP contribution is 2.17. The van der Waals surface area contributed by atoms with Gasteiger partial charge in [0, 0.05) is 25.0 Å². The summed E-state index contributed by atoms with van der Waals surface area (Å²) in [7, 11) is 1.69. The normalized spacial score (nSPS) is 10.0. The molecular formula is C10H16N2O. The highest BCUT2D eigenvalue weighted by atomic mass is 16.5. The van der Waals surface area contributed by atoms with Crippen LogP contribution in [0, 0.1) is 6.92 Å². The van der Waals surface area contributed by atoms with Crippen LogP contribution in [0.1, 0.15) is 5.56 Å². The number of nitrogens with two attached hydrogens (primary N) is 1. The summed E-state index contributed by atoms with van der Waals surface area (Å²) >= 11 is 0. The van der Waals surface area contributed by atoms with Gasteiger partial charge in [-0.05, 0) is 24.6 Å². The van der Waals surface area contributed by atoms with Crippen LogP contribution in [0.3, 0.4) is 0 Å². The molecule has 3 N–H and O–H groups in total. The average molecular weight is 180 g/mol. The maximum atomic E-state index is 5.66. The van der Waals surface area contributed by atoms with Crippen LogP contribution in [0.2, 0.25) is 0 Å². The summed E-state index contributed by atoms with van der Waals surface area (Å²) in [5.41, 5.74) is 8.72. The molecule has 0 aliphatic heterocycles. The molecule has 0 spiro atoms. The zero-order valence-electron chi connectivity index (χ0n) is 8.13. The lowest BCUT2D eigenvalue weighted by Gasteiger charge is -2.09. The molecule has 72 valence electrons. The highest BCUT2D eigenvalue weighted by molar-refractivity contribution is 5.59. The third kappa shape index (κ3) is 2.95. The Hall–Kier alpha value is -1.22. The zero-order valence-corrected chi connectivity index (χ0v) is 8.13. The molecule has 0 aliphatic carbocycles. The second-order valence-electron chi connectivity index (χ2n) is 2.99. The molecule has 3 heteroatoms. The summed E-state index contributed by atoms with van der Waals surface area (Å²) in [6.07, 6.45) is 0. The van der Waals surface area contributed by atoms with Crippen LogP contribution in [0.4, 0.5) is 11.4 Å². The van der Waals surface area contributed by atoms with Crippen molar-refractivity contribution in [1.82, 2.24) is 0 Å². The van der Waals surface area contributed by atoms with Crippen molar-refractivity contribution in [1.29, 1.82) is 0 Å². The molecule has 1 aromatic carbocycles. The molecule has 0 aliphatic rings. The number of nitrogen functional groups attached to an aromatic ring is 1. The van der Waals surface area contributed by atoms with Gasteiger partial charge >= 0.3 is 0 Å². The van der Waals surface area contributed by atoms with Crippen molar-refractivity contribution in [2.45, 2.75) is 6.92 Å². The predicted octanol–water partition coefficient (Wildman–Crippen LogP) is 1.64. The zero-order chi connectivity index (χ0) is 9.68. The van der Waals surface area contributed by atoms with Crippen LogP contribution >= 0.6 is 0 Å². The quantitative estimate of drug-likeness (QED) is 0.547. The van der Waals surface area contributed by atoms with Crippen molar-refractivity contribution in [3.63, 3.8) is 0 Å². The third-order valence-corrected chi connectivity index (χ3v) is 1.88. The lowest BCUT2D eigenvalue weighted by atomic mass is 10.2. The monoisotopic (exact) mass is 180 g/mol. The number of ether oxygens (including phenoxy) is 1. The Labute approximate surface area is 78.9 Å². The van der Waals surface area contributed by atoms with Crippen molar-refractivity contribution < 1.29 is 4.74 Å². The molecule has 0 atom stereocenters. The fraction of sp³-hybridized carbons (Fsp3) is 0.400. The fourth-order valence-electron chi connectivity index (χ4n) is 1.12. The Morgan fingerprint density at radius 3 is 2.92 bits per heavy atom. The number of aryl methyl sites for hydroxylation is 1. The molecule has 13 heavy (non-hydrogen) atoms. The number of nitrogens with one attached hydrogen (secondary N) is 1. The van der Waals surface area contributed by atoms with E-state index in [-0.39, 0.29) is 0 Å². The molecular weight excluding hydrogens is 164 g/mol. The number of hydrogen-bond donors (Lipinski definition) is 2. The molecule has 0 fully saturated rings. The van der Waals surface area contributed by atoms with E-state index in [0.717, 1.165) is 17.9 Å². The van der Waals surface area contributed by atoms with E-state index < -0.39 is 0 Å². The van der Waals surface area contributed by atoms with E-state index in [1.54, 1.807) is 7.11 Å². The van der Waals surface area contributed by atoms with Gasteiger partial charge in [-0.15, -0.1) is 0 Å². The molecule has 0 heterocycles. The molecule has 0 radical (unpaired) electrons. The van der Waals surface area contributed by atoms with Gasteiger partial charge in [0.15, 0.2) is 0 Å². The Bertz CT molecular complexity index is 274. The number of benzene rings is 1. The first kappa shape index (κ1) is 9.86. The Morgan fingerprint density at radius 2 is 2.23 bits per heavy atom. The van der Waals surface area contributed by atoms with Crippen molar-refractivity contribution in [2.75, 3.05) is 31.3 Å². The van der Waals surface area contributed by atoms with E-state index in [2.05, 4.69) is 12.2 Å². The summed E-state index contributed by atoms with van der Waals surface area (Å²) in [5, 5.41) is 3.25. The van der Waals surface area contributed by atoms with E-state index in [1.807, 2.05) is 18.2 Å². The van der Waals surface area contributed by atoms with Crippen LogP contribution in [-0.2, 0) is 4.74 Å². The van der Waals surface area contributed by atoms with Crippen LogP contribution in [0.15, 0.2) is 18.2 Å². The van der Waals surface area contributed by atoms with Crippen molar-refractivity contribution in [3.8, 4) is 0 Å². The van der Waals surface area contributed by atoms with E-state index in [4.69, 9.17) is 10.5 Å².